The van der Waals surface area contributed by atoms with E-state index in [9.17, 15) is 9.36 Å². The average Bonchev–Trinajstić information content (AvgIpc) is 2.30. The number of hydrogen-bond donors (Lipinski definition) is 0. The number of esters is 1. The molecule has 0 aromatic heterocycles. The normalized spacial score (nSPS) is 13.8. The van der Waals surface area contributed by atoms with E-state index in [1.54, 1.807) is 6.92 Å². The van der Waals surface area contributed by atoms with E-state index in [0.29, 0.717) is 31.2 Å². The molecule has 0 aliphatic heterocycles. The molecular formula is C13H26O4P+. The summed E-state index contributed by atoms with van der Waals surface area (Å²) < 4.78 is 22.3. The fourth-order valence-corrected chi connectivity index (χ4v) is 2.15. The number of hydrogen-bond acceptors (Lipinski definition) is 4. The van der Waals surface area contributed by atoms with E-state index in [0.717, 1.165) is 0 Å². The molecule has 0 rings (SSSR count). The Bertz CT molecular complexity index is 264. The minimum Gasteiger partial charge on any atom is -0.465 e. The molecule has 18 heavy (non-hydrogen) atoms. The first-order valence-corrected chi connectivity index (χ1v) is 8.05. The van der Waals surface area contributed by atoms with E-state index >= 15 is 0 Å². The molecule has 5 heteroatoms. The van der Waals surface area contributed by atoms with Gasteiger partial charge in [0.1, 0.15) is 0 Å². The maximum Gasteiger partial charge on any atom is 0.370 e. The summed E-state index contributed by atoms with van der Waals surface area (Å²) in [5, 5.41) is 0. The van der Waals surface area contributed by atoms with Gasteiger partial charge in [0, 0.05) is 6.92 Å². The van der Waals surface area contributed by atoms with Crippen LogP contribution in [0.1, 0.15) is 41.0 Å². The molecule has 0 heterocycles. The molecule has 0 aromatic rings. The van der Waals surface area contributed by atoms with Gasteiger partial charge in [0.25, 0.3) is 5.85 Å². The lowest BCUT2D eigenvalue weighted by atomic mass is 10.2. The third-order valence-corrected chi connectivity index (χ3v) is 3.81. The predicted molar refractivity (Wildman–Crippen MR) is 73.1 cm³/mol. The minimum absolute atomic E-state index is 0.206. The van der Waals surface area contributed by atoms with Gasteiger partial charge in [-0.15, -0.1) is 0 Å². The molecule has 0 aliphatic carbocycles. The van der Waals surface area contributed by atoms with Crippen LogP contribution in [-0.2, 0) is 18.8 Å². The highest BCUT2D eigenvalue weighted by Crippen LogP contribution is 2.29. The molecular weight excluding hydrogens is 251 g/mol. The molecule has 0 bridgehead atoms. The van der Waals surface area contributed by atoms with Gasteiger partial charge in [0.15, 0.2) is 6.16 Å². The first-order valence-electron chi connectivity index (χ1n) is 6.54. The van der Waals surface area contributed by atoms with E-state index in [-0.39, 0.29) is 18.2 Å². The number of ether oxygens (including phenoxy) is 2. The van der Waals surface area contributed by atoms with Crippen LogP contribution in [0.3, 0.4) is 0 Å². The van der Waals surface area contributed by atoms with Crippen molar-refractivity contribution in [1.82, 2.24) is 0 Å². The SMILES string of the molecule is CC(C)COC(=O)CC[P+](=O)C(C)OCC(C)C. The fraction of sp³-hybridized carbons (Fsp3) is 0.923. The summed E-state index contributed by atoms with van der Waals surface area (Å²) in [6, 6.07) is 0. The maximum absolute atomic E-state index is 11.8. The standard InChI is InChI=1S/C13H26O4P/c1-10(2)8-16-12(5)18(15)7-6-13(14)17-9-11(3)4/h10-12H,6-9H2,1-5H3/q+1. The van der Waals surface area contributed by atoms with E-state index < -0.39 is 7.80 Å². The fourth-order valence-electron chi connectivity index (χ4n) is 1.13. The highest BCUT2D eigenvalue weighted by molar-refractivity contribution is 7.45. The summed E-state index contributed by atoms with van der Waals surface area (Å²) >= 11 is 0. The Hall–Kier alpha value is -0.470. The Morgan fingerprint density at radius 2 is 1.61 bits per heavy atom. The molecule has 0 saturated carbocycles. The third-order valence-electron chi connectivity index (χ3n) is 2.19. The molecule has 0 N–H and O–H groups in total. The van der Waals surface area contributed by atoms with Crippen LogP contribution < -0.4 is 0 Å². The monoisotopic (exact) mass is 277 g/mol. The van der Waals surface area contributed by atoms with Gasteiger partial charge < -0.3 is 9.47 Å². The van der Waals surface area contributed by atoms with Crippen molar-refractivity contribution >= 4 is 13.8 Å². The molecule has 2 unspecified atom stereocenters. The van der Waals surface area contributed by atoms with Crippen LogP contribution in [0, 0.1) is 11.8 Å². The van der Waals surface area contributed by atoms with E-state index in [1.807, 2.05) is 27.7 Å². The lowest BCUT2D eigenvalue weighted by Gasteiger charge is -2.07. The molecule has 0 fully saturated rings. The molecule has 106 valence electrons. The molecule has 0 radical (unpaired) electrons. The van der Waals surface area contributed by atoms with Crippen molar-refractivity contribution in [3.8, 4) is 0 Å². The van der Waals surface area contributed by atoms with Gasteiger partial charge in [0.05, 0.1) is 19.6 Å². The first kappa shape index (κ1) is 17.5. The number of carbonyl (C=O) groups is 1. The quantitative estimate of drug-likeness (QED) is 0.478. The van der Waals surface area contributed by atoms with Gasteiger partial charge in [-0.1, -0.05) is 32.3 Å². The zero-order valence-electron chi connectivity index (χ0n) is 12.1. The van der Waals surface area contributed by atoms with Gasteiger partial charge >= 0.3 is 13.8 Å². The van der Waals surface area contributed by atoms with E-state index in [4.69, 9.17) is 9.47 Å². The van der Waals surface area contributed by atoms with Crippen LogP contribution in [0.5, 0.6) is 0 Å². The van der Waals surface area contributed by atoms with Gasteiger partial charge in [-0.05, 0) is 11.8 Å². The Morgan fingerprint density at radius 3 is 2.11 bits per heavy atom. The molecule has 0 aromatic carbocycles. The predicted octanol–water partition coefficient (Wildman–Crippen LogP) is 3.42. The summed E-state index contributed by atoms with van der Waals surface area (Å²) in [4.78, 5) is 11.3. The molecule has 0 saturated heterocycles. The van der Waals surface area contributed by atoms with Gasteiger partial charge in [-0.25, -0.2) is 0 Å². The molecule has 0 aliphatic rings. The summed E-state index contributed by atoms with van der Waals surface area (Å²) in [5.41, 5.74) is 0. The molecule has 2 atom stereocenters. The van der Waals surface area contributed by atoms with Crippen LogP contribution in [0.2, 0.25) is 0 Å². The van der Waals surface area contributed by atoms with Crippen molar-refractivity contribution in [2.75, 3.05) is 19.4 Å². The summed E-state index contributed by atoms with van der Waals surface area (Å²) in [7, 11) is -1.50. The zero-order chi connectivity index (χ0) is 14.1. The van der Waals surface area contributed by atoms with E-state index in [1.165, 1.54) is 0 Å². The van der Waals surface area contributed by atoms with Crippen LogP contribution in [-0.4, -0.2) is 31.2 Å². The smallest absolute Gasteiger partial charge is 0.370 e. The van der Waals surface area contributed by atoms with Crippen molar-refractivity contribution in [1.29, 1.82) is 0 Å². The highest BCUT2D eigenvalue weighted by atomic mass is 31.1. The summed E-state index contributed by atoms with van der Waals surface area (Å²) in [6.07, 6.45) is 0.544. The van der Waals surface area contributed by atoms with Gasteiger partial charge in [-0.2, -0.15) is 0 Å². The molecule has 0 spiro atoms. The van der Waals surface area contributed by atoms with Crippen LogP contribution in [0.25, 0.3) is 0 Å². The topological polar surface area (TPSA) is 52.6 Å². The Balaban J connectivity index is 3.77. The van der Waals surface area contributed by atoms with Crippen molar-refractivity contribution in [3.63, 3.8) is 0 Å². The summed E-state index contributed by atoms with van der Waals surface area (Å²) in [5.74, 6) is 0.186. The average molecular weight is 277 g/mol. The van der Waals surface area contributed by atoms with Crippen molar-refractivity contribution in [2.45, 2.75) is 46.9 Å². The maximum atomic E-state index is 11.8. The van der Waals surface area contributed by atoms with E-state index in [2.05, 4.69) is 0 Å². The van der Waals surface area contributed by atoms with Gasteiger partial charge in [-0.3, -0.25) is 4.79 Å². The third kappa shape index (κ3) is 9.55. The Labute approximate surface area is 111 Å². The van der Waals surface area contributed by atoms with Crippen molar-refractivity contribution in [2.24, 2.45) is 11.8 Å². The molecule has 0 amide bonds. The minimum atomic E-state index is -1.50. The lowest BCUT2D eigenvalue weighted by molar-refractivity contribution is -0.144. The Morgan fingerprint density at radius 1 is 1.06 bits per heavy atom. The van der Waals surface area contributed by atoms with Crippen LogP contribution in [0.15, 0.2) is 0 Å². The second kappa shape index (κ2) is 9.46. The highest BCUT2D eigenvalue weighted by Gasteiger charge is 2.27. The molecule has 4 nitrogen and oxygen atoms in total. The first-order chi connectivity index (χ1) is 8.32. The Kier molecular flexibility index (Phi) is 9.21. The lowest BCUT2D eigenvalue weighted by Crippen LogP contribution is -2.13. The van der Waals surface area contributed by atoms with Crippen molar-refractivity contribution in [3.05, 3.63) is 0 Å². The van der Waals surface area contributed by atoms with Crippen LogP contribution >= 0.6 is 7.80 Å². The zero-order valence-corrected chi connectivity index (χ0v) is 13.0. The second-order valence-electron chi connectivity index (χ2n) is 5.29. The number of rotatable bonds is 9. The second-order valence-corrected chi connectivity index (χ2v) is 7.30. The summed E-state index contributed by atoms with van der Waals surface area (Å²) in [6.45, 7) is 10.9. The van der Waals surface area contributed by atoms with Gasteiger partial charge in [0.2, 0.25) is 0 Å². The number of carbonyl (C=O) groups excluding carboxylic acids is 1. The largest absolute Gasteiger partial charge is 0.465 e. The van der Waals surface area contributed by atoms with Crippen LogP contribution in [0.4, 0.5) is 0 Å². The van der Waals surface area contributed by atoms with Crippen molar-refractivity contribution < 1.29 is 18.8 Å².